The van der Waals surface area contributed by atoms with E-state index in [1.54, 1.807) is 32.1 Å². The SMILES string of the molecule is C/C=C(/C)C(=O)O/C=C\Oc1ccc(-c2ccc(O/C=C\OC=O)cc2)cc1. The number of hydrogen-bond acceptors (Lipinski definition) is 6. The topological polar surface area (TPSA) is 71.1 Å². The van der Waals surface area contributed by atoms with Crippen molar-refractivity contribution in [1.82, 2.24) is 0 Å². The van der Waals surface area contributed by atoms with Crippen LogP contribution in [0.15, 0.2) is 85.2 Å². The highest BCUT2D eigenvalue weighted by molar-refractivity contribution is 5.87. The van der Waals surface area contributed by atoms with Gasteiger partial charge in [-0.05, 0) is 49.2 Å². The zero-order valence-electron chi connectivity index (χ0n) is 15.5. The van der Waals surface area contributed by atoms with Crippen LogP contribution in [0.5, 0.6) is 11.5 Å². The van der Waals surface area contributed by atoms with E-state index in [-0.39, 0.29) is 0 Å². The third-order valence-electron chi connectivity index (χ3n) is 3.63. The van der Waals surface area contributed by atoms with Crippen molar-refractivity contribution in [2.24, 2.45) is 0 Å². The molecule has 0 bridgehead atoms. The zero-order chi connectivity index (χ0) is 20.2. The molecule has 0 N–H and O–H groups in total. The number of hydrogen-bond donors (Lipinski definition) is 0. The molecule has 2 aromatic rings. The van der Waals surface area contributed by atoms with Crippen LogP contribution in [0.2, 0.25) is 0 Å². The van der Waals surface area contributed by atoms with Gasteiger partial charge in [-0.3, -0.25) is 4.79 Å². The van der Waals surface area contributed by atoms with Crippen molar-refractivity contribution in [2.45, 2.75) is 13.8 Å². The van der Waals surface area contributed by atoms with E-state index in [4.69, 9.17) is 14.2 Å². The van der Waals surface area contributed by atoms with E-state index in [1.165, 1.54) is 18.8 Å². The molecule has 0 spiro atoms. The van der Waals surface area contributed by atoms with Crippen LogP contribution in [-0.4, -0.2) is 12.4 Å². The summed E-state index contributed by atoms with van der Waals surface area (Å²) in [5.74, 6) is 0.804. The standard InChI is InChI=1S/C22H20O6/c1-3-17(2)22(24)28-15-14-27-21-10-6-19(7-11-21)18-4-8-20(9-5-18)26-13-12-25-16-23/h3-16H,1-2H3/b13-12-,15-14-,17-3-. The molecule has 2 aromatic carbocycles. The van der Waals surface area contributed by atoms with Gasteiger partial charge >= 0.3 is 5.97 Å². The molecule has 0 aromatic heterocycles. The van der Waals surface area contributed by atoms with Gasteiger partial charge in [-0.2, -0.15) is 0 Å². The second-order valence-corrected chi connectivity index (χ2v) is 5.44. The normalized spacial score (nSPS) is 11.4. The summed E-state index contributed by atoms with van der Waals surface area (Å²) >= 11 is 0. The molecule has 0 aliphatic heterocycles. The first-order valence-corrected chi connectivity index (χ1v) is 8.41. The maximum atomic E-state index is 11.5. The number of ether oxygens (including phenoxy) is 4. The Balaban J connectivity index is 1.89. The molecule has 0 heterocycles. The summed E-state index contributed by atoms with van der Waals surface area (Å²) in [5, 5.41) is 0. The Labute approximate surface area is 163 Å². The lowest BCUT2D eigenvalue weighted by Crippen LogP contribution is -2.00. The number of carbonyl (C=O) groups excluding carboxylic acids is 2. The van der Waals surface area contributed by atoms with E-state index in [0.29, 0.717) is 23.5 Å². The van der Waals surface area contributed by atoms with E-state index in [9.17, 15) is 9.59 Å². The average molecular weight is 380 g/mol. The van der Waals surface area contributed by atoms with Gasteiger partial charge in [-0.15, -0.1) is 0 Å². The smallest absolute Gasteiger partial charge is 0.338 e. The Morgan fingerprint density at radius 3 is 1.75 bits per heavy atom. The molecule has 144 valence electrons. The van der Waals surface area contributed by atoms with Crippen LogP contribution in [0, 0.1) is 0 Å². The van der Waals surface area contributed by atoms with Crippen molar-refractivity contribution in [3.05, 3.63) is 85.2 Å². The number of rotatable bonds is 9. The molecule has 28 heavy (non-hydrogen) atoms. The van der Waals surface area contributed by atoms with Crippen molar-refractivity contribution in [3.63, 3.8) is 0 Å². The second-order valence-electron chi connectivity index (χ2n) is 5.44. The third kappa shape index (κ3) is 6.49. The second kappa shape index (κ2) is 11.0. The van der Waals surface area contributed by atoms with E-state index in [0.717, 1.165) is 17.4 Å². The molecular formula is C22H20O6. The molecule has 0 aliphatic carbocycles. The number of allylic oxidation sites excluding steroid dienone is 1. The Morgan fingerprint density at radius 2 is 1.29 bits per heavy atom. The highest BCUT2D eigenvalue weighted by atomic mass is 16.5. The molecule has 0 radical (unpaired) electrons. The molecule has 0 saturated carbocycles. The Hall–Kier alpha value is -3.80. The van der Waals surface area contributed by atoms with Gasteiger partial charge in [0, 0.05) is 5.57 Å². The Kier molecular flexibility index (Phi) is 8.08. The summed E-state index contributed by atoms with van der Waals surface area (Å²) in [6.45, 7) is 3.75. The van der Waals surface area contributed by atoms with Crippen molar-refractivity contribution in [3.8, 4) is 22.6 Å². The van der Waals surface area contributed by atoms with Crippen molar-refractivity contribution in [1.29, 1.82) is 0 Å². The first-order valence-electron chi connectivity index (χ1n) is 8.41. The van der Waals surface area contributed by atoms with Gasteiger partial charge in [0.05, 0.1) is 0 Å². The minimum Gasteiger partial charge on any atom is -0.462 e. The number of esters is 1. The maximum Gasteiger partial charge on any atom is 0.338 e. The lowest BCUT2D eigenvalue weighted by Gasteiger charge is -2.05. The maximum absolute atomic E-state index is 11.5. The van der Waals surface area contributed by atoms with Crippen LogP contribution in [0.3, 0.4) is 0 Å². The summed E-state index contributed by atoms with van der Waals surface area (Å²) in [4.78, 5) is 21.5. The van der Waals surface area contributed by atoms with Gasteiger partial charge in [0.2, 0.25) is 0 Å². The van der Waals surface area contributed by atoms with Crippen LogP contribution in [-0.2, 0) is 19.1 Å². The van der Waals surface area contributed by atoms with Crippen LogP contribution >= 0.6 is 0 Å². The minimum absolute atomic E-state index is 0.309. The van der Waals surface area contributed by atoms with E-state index < -0.39 is 5.97 Å². The summed E-state index contributed by atoms with van der Waals surface area (Å²) in [6.07, 6.45) is 6.62. The van der Waals surface area contributed by atoms with Crippen LogP contribution < -0.4 is 9.47 Å². The average Bonchev–Trinajstić information content (AvgIpc) is 2.74. The van der Waals surface area contributed by atoms with Crippen molar-refractivity contribution >= 4 is 12.4 Å². The Morgan fingerprint density at radius 1 is 0.786 bits per heavy atom. The minimum atomic E-state index is -0.420. The van der Waals surface area contributed by atoms with Gasteiger partial charge in [0.15, 0.2) is 0 Å². The fourth-order valence-corrected chi connectivity index (χ4v) is 2.03. The van der Waals surface area contributed by atoms with E-state index in [2.05, 4.69) is 4.74 Å². The van der Waals surface area contributed by atoms with Gasteiger partial charge in [-0.25, -0.2) is 4.79 Å². The highest BCUT2D eigenvalue weighted by Gasteiger charge is 2.02. The molecule has 2 rings (SSSR count). The summed E-state index contributed by atoms with van der Waals surface area (Å²) < 4.78 is 20.0. The molecule has 6 nitrogen and oxygen atoms in total. The van der Waals surface area contributed by atoms with Crippen LogP contribution in [0.4, 0.5) is 0 Å². The highest BCUT2D eigenvalue weighted by Crippen LogP contribution is 2.24. The molecule has 0 amide bonds. The lowest BCUT2D eigenvalue weighted by atomic mass is 10.1. The molecular weight excluding hydrogens is 360 g/mol. The predicted molar refractivity (Wildman–Crippen MR) is 104 cm³/mol. The van der Waals surface area contributed by atoms with Crippen LogP contribution in [0.1, 0.15) is 13.8 Å². The lowest BCUT2D eigenvalue weighted by molar-refractivity contribution is -0.133. The largest absolute Gasteiger partial charge is 0.462 e. The fourth-order valence-electron chi connectivity index (χ4n) is 2.03. The molecule has 0 saturated heterocycles. The monoisotopic (exact) mass is 380 g/mol. The number of benzene rings is 2. The first-order chi connectivity index (χ1) is 13.6. The van der Waals surface area contributed by atoms with Gasteiger partial charge < -0.3 is 18.9 Å². The summed E-state index contributed by atoms with van der Waals surface area (Å²) in [7, 11) is 0. The van der Waals surface area contributed by atoms with E-state index >= 15 is 0 Å². The molecule has 0 fully saturated rings. The third-order valence-corrected chi connectivity index (χ3v) is 3.63. The van der Waals surface area contributed by atoms with Gasteiger partial charge in [-0.1, -0.05) is 30.3 Å². The zero-order valence-corrected chi connectivity index (χ0v) is 15.5. The molecule has 0 unspecified atom stereocenters. The fraction of sp³-hybridized carbons (Fsp3) is 0.0909. The first kappa shape index (κ1) is 20.5. The molecule has 6 heteroatoms. The molecule has 0 aliphatic rings. The summed E-state index contributed by atoms with van der Waals surface area (Å²) in [5.41, 5.74) is 2.52. The van der Waals surface area contributed by atoms with Gasteiger partial charge in [0.1, 0.15) is 36.5 Å². The van der Waals surface area contributed by atoms with Gasteiger partial charge in [0.25, 0.3) is 6.47 Å². The quantitative estimate of drug-likeness (QED) is 0.271. The predicted octanol–water partition coefficient (Wildman–Crippen LogP) is 4.74. The molecule has 0 atom stereocenters. The van der Waals surface area contributed by atoms with E-state index in [1.807, 2.05) is 36.4 Å². The van der Waals surface area contributed by atoms with Crippen molar-refractivity contribution < 1.29 is 28.5 Å². The summed E-state index contributed by atoms with van der Waals surface area (Å²) in [6, 6.07) is 14.8. The Bertz CT molecular complexity index is 861. The van der Waals surface area contributed by atoms with Crippen molar-refractivity contribution in [2.75, 3.05) is 0 Å². The number of carbonyl (C=O) groups is 2. The van der Waals surface area contributed by atoms with Crippen LogP contribution in [0.25, 0.3) is 11.1 Å².